The molecule has 0 aromatic heterocycles. The molecule has 2 heteroatoms. The summed E-state index contributed by atoms with van der Waals surface area (Å²) in [6.45, 7) is 0. The molecule has 0 bridgehead atoms. The molecule has 1 aliphatic carbocycles. The molecule has 0 heterocycles. The molecule has 1 rings (SSSR count). The van der Waals surface area contributed by atoms with E-state index in [0.29, 0.717) is 0 Å². The Morgan fingerprint density at radius 3 is 2.29 bits per heavy atom. The first-order valence-electron chi connectivity index (χ1n) is 1.72. The summed E-state index contributed by atoms with van der Waals surface area (Å²) in [5.41, 5.74) is 0. The molecular formula is C5H8ORu. The fourth-order valence-electron chi connectivity index (χ4n) is 0.340. The molecule has 1 nitrogen and oxygen atoms in total. The van der Waals surface area contributed by atoms with Crippen LogP contribution < -0.4 is 0 Å². The van der Waals surface area contributed by atoms with Crippen LogP contribution in [0.25, 0.3) is 0 Å². The molecule has 0 aliphatic heterocycles. The minimum absolute atomic E-state index is 0. The topological polar surface area (TPSA) is 31.5 Å². The van der Waals surface area contributed by atoms with Crippen molar-refractivity contribution in [3.63, 3.8) is 0 Å². The molecule has 0 aromatic rings. The zero-order valence-corrected chi connectivity index (χ0v) is 5.68. The van der Waals surface area contributed by atoms with E-state index in [4.69, 9.17) is 0 Å². The summed E-state index contributed by atoms with van der Waals surface area (Å²) in [5, 5.41) is 0. The summed E-state index contributed by atoms with van der Waals surface area (Å²) in [7, 11) is 0. The van der Waals surface area contributed by atoms with Crippen molar-refractivity contribution in [3.8, 4) is 0 Å². The molecule has 0 spiro atoms. The van der Waals surface area contributed by atoms with Gasteiger partial charge in [-0.1, -0.05) is 0 Å². The third kappa shape index (κ3) is 3.90. The minimum atomic E-state index is 0. The zero-order valence-electron chi connectivity index (χ0n) is 3.82. The van der Waals surface area contributed by atoms with Gasteiger partial charge >= 0.3 is 19.5 Å². The second-order valence-corrected chi connectivity index (χ2v) is 1.00. The van der Waals surface area contributed by atoms with Crippen LogP contribution in [0.5, 0.6) is 0 Å². The van der Waals surface area contributed by atoms with E-state index in [0.717, 1.165) is 6.42 Å². The van der Waals surface area contributed by atoms with Crippen molar-refractivity contribution >= 4 is 0 Å². The SMILES string of the molecule is O.[C-]1=CC=CC1.[RuH+]. The molecular weight excluding hydrogens is 177 g/mol. The third-order valence-electron chi connectivity index (χ3n) is 0.586. The Labute approximate surface area is 56.2 Å². The molecule has 7 heavy (non-hydrogen) atoms. The third-order valence-corrected chi connectivity index (χ3v) is 0.586. The van der Waals surface area contributed by atoms with Gasteiger partial charge in [0.05, 0.1) is 0 Å². The molecule has 1 radical (unpaired) electrons. The summed E-state index contributed by atoms with van der Waals surface area (Å²) >= 11 is 0. The summed E-state index contributed by atoms with van der Waals surface area (Å²) < 4.78 is 0. The van der Waals surface area contributed by atoms with Gasteiger partial charge in [0.2, 0.25) is 0 Å². The predicted octanol–water partition coefficient (Wildman–Crippen LogP) is 0.211. The molecule has 0 fully saturated rings. The van der Waals surface area contributed by atoms with Crippen LogP contribution in [-0.4, -0.2) is 5.48 Å². The van der Waals surface area contributed by atoms with Crippen LogP contribution in [0.1, 0.15) is 6.42 Å². The van der Waals surface area contributed by atoms with Crippen molar-refractivity contribution in [1.29, 1.82) is 0 Å². The van der Waals surface area contributed by atoms with Crippen molar-refractivity contribution in [1.82, 2.24) is 0 Å². The van der Waals surface area contributed by atoms with Crippen LogP contribution in [0.15, 0.2) is 18.2 Å². The zero-order chi connectivity index (χ0) is 3.54. The molecule has 2 N–H and O–H groups in total. The molecule has 0 amide bonds. The average molecular weight is 185 g/mol. The van der Waals surface area contributed by atoms with Crippen molar-refractivity contribution in [2.45, 2.75) is 6.42 Å². The second kappa shape index (κ2) is 6.06. The predicted molar refractivity (Wildman–Crippen MR) is 26.6 cm³/mol. The molecule has 0 unspecified atom stereocenters. The van der Waals surface area contributed by atoms with Crippen molar-refractivity contribution in [3.05, 3.63) is 24.3 Å². The van der Waals surface area contributed by atoms with Gasteiger partial charge in [-0.25, -0.2) is 12.2 Å². The van der Waals surface area contributed by atoms with Crippen molar-refractivity contribution in [2.75, 3.05) is 0 Å². The van der Waals surface area contributed by atoms with Crippen LogP contribution in [0.3, 0.4) is 0 Å². The fraction of sp³-hybridized carbons (Fsp3) is 0.200. The molecule has 0 saturated heterocycles. The average Bonchev–Trinajstić information content (AvgIpc) is 1.76. The molecule has 1 aliphatic rings. The van der Waals surface area contributed by atoms with E-state index >= 15 is 0 Å². The standard InChI is InChI=1S/C5H5.H2O.Ru.H/c1-2-4-5-3-1;;;/h1-3H,4H2;1H2;;/q-1;;+1;. The Morgan fingerprint density at radius 1 is 1.43 bits per heavy atom. The summed E-state index contributed by atoms with van der Waals surface area (Å²) in [6.07, 6.45) is 10.0. The normalized spacial score (nSPS) is 12.6. The summed E-state index contributed by atoms with van der Waals surface area (Å²) in [5.74, 6) is 0. The van der Waals surface area contributed by atoms with Gasteiger partial charge in [0.25, 0.3) is 0 Å². The number of hydrogen-bond donors (Lipinski definition) is 0. The van der Waals surface area contributed by atoms with E-state index in [9.17, 15) is 0 Å². The van der Waals surface area contributed by atoms with E-state index in [1.54, 1.807) is 0 Å². The number of hydrogen-bond acceptors (Lipinski definition) is 0. The van der Waals surface area contributed by atoms with Crippen LogP contribution in [0.2, 0.25) is 0 Å². The van der Waals surface area contributed by atoms with E-state index in [2.05, 4.69) is 12.2 Å². The number of allylic oxidation sites excluding steroid dienone is 4. The Hall–Kier alpha value is 0.0634. The Bertz CT molecular complexity index is 66.1. The monoisotopic (exact) mass is 186 g/mol. The van der Waals surface area contributed by atoms with Gasteiger partial charge in [-0.05, 0) is 0 Å². The van der Waals surface area contributed by atoms with Crippen LogP contribution >= 0.6 is 0 Å². The Morgan fingerprint density at radius 2 is 2.14 bits per heavy atom. The van der Waals surface area contributed by atoms with Gasteiger partial charge in [-0.15, -0.1) is 6.42 Å². The molecule has 0 saturated carbocycles. The Balaban J connectivity index is 0. The first kappa shape index (κ1) is 10.1. The van der Waals surface area contributed by atoms with Gasteiger partial charge in [-0.2, -0.15) is 6.08 Å². The fourth-order valence-corrected chi connectivity index (χ4v) is 0.340. The summed E-state index contributed by atoms with van der Waals surface area (Å²) in [4.78, 5) is 0. The van der Waals surface area contributed by atoms with Crippen molar-refractivity contribution < 1.29 is 25.0 Å². The first-order valence-corrected chi connectivity index (χ1v) is 1.72. The second-order valence-electron chi connectivity index (χ2n) is 1.00. The maximum atomic E-state index is 2.99. The Kier molecular flexibility index (Phi) is 8.77. The van der Waals surface area contributed by atoms with Crippen molar-refractivity contribution in [2.24, 2.45) is 0 Å². The van der Waals surface area contributed by atoms with Crippen LogP contribution in [0.4, 0.5) is 0 Å². The van der Waals surface area contributed by atoms with Gasteiger partial charge in [0.1, 0.15) is 0 Å². The molecule has 0 atom stereocenters. The maximum absolute atomic E-state index is 2.99. The molecule has 0 aromatic carbocycles. The van der Waals surface area contributed by atoms with E-state index < -0.39 is 0 Å². The van der Waals surface area contributed by atoms with Crippen LogP contribution in [-0.2, 0) is 19.5 Å². The number of rotatable bonds is 0. The molecule has 42 valence electrons. The van der Waals surface area contributed by atoms with Gasteiger partial charge in [0.15, 0.2) is 0 Å². The van der Waals surface area contributed by atoms with E-state index in [1.165, 1.54) is 0 Å². The summed E-state index contributed by atoms with van der Waals surface area (Å²) in [6, 6.07) is 0. The van der Waals surface area contributed by atoms with Gasteiger partial charge in [0, 0.05) is 0 Å². The van der Waals surface area contributed by atoms with E-state index in [-0.39, 0.29) is 25.0 Å². The van der Waals surface area contributed by atoms with Gasteiger partial charge < -0.3 is 5.48 Å². The van der Waals surface area contributed by atoms with E-state index in [1.807, 2.05) is 12.2 Å². The van der Waals surface area contributed by atoms with Crippen LogP contribution in [0, 0.1) is 6.08 Å². The quantitative estimate of drug-likeness (QED) is 0.382. The first-order chi connectivity index (χ1) is 2.50. The van der Waals surface area contributed by atoms with Gasteiger partial charge in [-0.3, -0.25) is 6.08 Å².